The number of nitrogens with zero attached hydrogens (tertiary/aromatic N) is 3. The van der Waals surface area contributed by atoms with Crippen molar-refractivity contribution in [1.82, 2.24) is 19.5 Å². The average Bonchev–Trinajstić information content (AvgIpc) is 3.41. The second-order valence-electron chi connectivity index (χ2n) is 7.63. The van der Waals surface area contributed by atoms with Crippen LogP contribution in [0.4, 0.5) is 5.69 Å². The molecule has 5 rings (SSSR count). The molecule has 0 saturated carbocycles. The van der Waals surface area contributed by atoms with Gasteiger partial charge in [0.2, 0.25) is 0 Å². The molecule has 0 aliphatic heterocycles. The number of imidazole rings is 2. The standard InChI is InChI=1S/C24H21N5O3S/c1-29-15-24(25-16-29)33(30,31)28-18-9-12-21-22(14-18)27-23(26-21)13-17-7-10-20(11-8-17)32-19-5-3-2-4-6-19/h2-12,14-16,28H,13H2,1H3,(H,26,27). The highest BCUT2D eigenvalue weighted by Crippen LogP contribution is 2.23. The number of fused-ring (bicyclic) bond motifs is 1. The van der Waals surface area contributed by atoms with Crippen LogP contribution in [0.2, 0.25) is 0 Å². The molecule has 0 radical (unpaired) electrons. The molecular weight excluding hydrogens is 438 g/mol. The molecule has 0 unspecified atom stereocenters. The molecule has 0 aliphatic carbocycles. The Morgan fingerprint density at radius 3 is 2.48 bits per heavy atom. The molecule has 0 fully saturated rings. The summed E-state index contributed by atoms with van der Waals surface area (Å²) in [5.74, 6) is 2.34. The number of ether oxygens (including phenoxy) is 1. The van der Waals surface area contributed by atoms with Gasteiger partial charge in [-0.3, -0.25) is 4.72 Å². The summed E-state index contributed by atoms with van der Waals surface area (Å²) in [6.45, 7) is 0. The SMILES string of the molecule is Cn1cnc(S(=O)(=O)Nc2ccc3nc(Cc4ccc(Oc5ccccc5)cc4)[nH]c3c2)c1. The number of aromatic amines is 1. The zero-order valence-corrected chi connectivity index (χ0v) is 18.6. The molecule has 0 saturated heterocycles. The molecule has 0 spiro atoms. The number of aryl methyl sites for hydroxylation is 1. The molecule has 8 nitrogen and oxygen atoms in total. The smallest absolute Gasteiger partial charge is 0.280 e. The van der Waals surface area contributed by atoms with Crippen LogP contribution in [-0.4, -0.2) is 27.9 Å². The van der Waals surface area contributed by atoms with E-state index in [2.05, 4.69) is 19.7 Å². The van der Waals surface area contributed by atoms with Crippen LogP contribution in [0.5, 0.6) is 11.5 Å². The van der Waals surface area contributed by atoms with E-state index in [-0.39, 0.29) is 5.03 Å². The first kappa shape index (κ1) is 20.8. The minimum absolute atomic E-state index is 0.0323. The molecule has 0 aliphatic rings. The molecule has 2 aromatic heterocycles. The van der Waals surface area contributed by atoms with E-state index < -0.39 is 10.0 Å². The van der Waals surface area contributed by atoms with E-state index in [0.717, 1.165) is 33.9 Å². The monoisotopic (exact) mass is 459 g/mol. The van der Waals surface area contributed by atoms with E-state index in [1.807, 2.05) is 54.6 Å². The predicted octanol–water partition coefficient (Wildman–Crippen LogP) is 4.48. The second-order valence-corrected chi connectivity index (χ2v) is 9.26. The maximum absolute atomic E-state index is 12.5. The number of hydrogen-bond acceptors (Lipinski definition) is 5. The second kappa shape index (κ2) is 8.44. The molecule has 166 valence electrons. The highest BCUT2D eigenvalue weighted by molar-refractivity contribution is 7.92. The van der Waals surface area contributed by atoms with E-state index in [0.29, 0.717) is 12.1 Å². The Balaban J connectivity index is 1.30. The van der Waals surface area contributed by atoms with Gasteiger partial charge in [0, 0.05) is 19.7 Å². The van der Waals surface area contributed by atoms with E-state index in [1.54, 1.807) is 29.8 Å². The van der Waals surface area contributed by atoms with Crippen molar-refractivity contribution < 1.29 is 13.2 Å². The molecule has 5 aromatic rings. The van der Waals surface area contributed by atoms with Crippen LogP contribution >= 0.6 is 0 Å². The van der Waals surface area contributed by atoms with Crippen molar-refractivity contribution in [3.8, 4) is 11.5 Å². The van der Waals surface area contributed by atoms with Gasteiger partial charge < -0.3 is 14.3 Å². The lowest BCUT2D eigenvalue weighted by molar-refractivity contribution is 0.482. The van der Waals surface area contributed by atoms with Crippen LogP contribution in [0.1, 0.15) is 11.4 Å². The Morgan fingerprint density at radius 2 is 1.76 bits per heavy atom. The van der Waals surface area contributed by atoms with Gasteiger partial charge in [0.25, 0.3) is 10.0 Å². The Morgan fingerprint density at radius 1 is 1.00 bits per heavy atom. The topological polar surface area (TPSA) is 102 Å². The summed E-state index contributed by atoms with van der Waals surface area (Å²) in [7, 11) is -2.04. The maximum Gasteiger partial charge on any atom is 0.280 e. The molecule has 3 aromatic carbocycles. The first-order valence-electron chi connectivity index (χ1n) is 10.3. The molecular formula is C24H21N5O3S. The molecule has 0 amide bonds. The zero-order chi connectivity index (χ0) is 22.8. The number of anilines is 1. The van der Waals surface area contributed by atoms with Gasteiger partial charge in [0.05, 0.1) is 23.0 Å². The van der Waals surface area contributed by atoms with Crippen molar-refractivity contribution in [2.24, 2.45) is 7.05 Å². The third kappa shape index (κ3) is 4.73. The zero-order valence-electron chi connectivity index (χ0n) is 17.8. The lowest BCUT2D eigenvalue weighted by Crippen LogP contribution is -2.13. The van der Waals surface area contributed by atoms with Crippen LogP contribution in [0.25, 0.3) is 11.0 Å². The van der Waals surface area contributed by atoms with Crippen LogP contribution in [-0.2, 0) is 23.5 Å². The summed E-state index contributed by atoms with van der Waals surface area (Å²) in [5.41, 5.74) is 3.02. The number of hydrogen-bond donors (Lipinski definition) is 2. The van der Waals surface area contributed by atoms with Crippen LogP contribution in [0.15, 0.2) is 90.3 Å². The van der Waals surface area contributed by atoms with Crippen molar-refractivity contribution >= 4 is 26.7 Å². The van der Waals surface area contributed by atoms with Crippen molar-refractivity contribution in [3.63, 3.8) is 0 Å². The van der Waals surface area contributed by atoms with Gasteiger partial charge >= 0.3 is 0 Å². The number of rotatable bonds is 7. The van der Waals surface area contributed by atoms with Crippen molar-refractivity contribution in [1.29, 1.82) is 0 Å². The summed E-state index contributed by atoms with van der Waals surface area (Å²) in [6, 6.07) is 22.7. The average molecular weight is 460 g/mol. The van der Waals surface area contributed by atoms with E-state index in [4.69, 9.17) is 4.74 Å². The van der Waals surface area contributed by atoms with Crippen molar-refractivity contribution in [2.45, 2.75) is 11.4 Å². The first-order valence-corrected chi connectivity index (χ1v) is 11.7. The minimum atomic E-state index is -3.76. The van der Waals surface area contributed by atoms with Gasteiger partial charge in [-0.05, 0) is 48.0 Å². The molecule has 33 heavy (non-hydrogen) atoms. The van der Waals surface area contributed by atoms with Gasteiger partial charge in [-0.1, -0.05) is 30.3 Å². The summed E-state index contributed by atoms with van der Waals surface area (Å²) in [4.78, 5) is 11.8. The fourth-order valence-corrected chi connectivity index (χ4v) is 4.47. The number of sulfonamides is 1. The fourth-order valence-electron chi connectivity index (χ4n) is 3.44. The largest absolute Gasteiger partial charge is 0.457 e. The third-order valence-electron chi connectivity index (χ3n) is 5.01. The summed E-state index contributed by atoms with van der Waals surface area (Å²) in [5, 5.41) is -0.0323. The maximum atomic E-state index is 12.5. The highest BCUT2D eigenvalue weighted by Gasteiger charge is 2.17. The minimum Gasteiger partial charge on any atom is -0.457 e. The number of benzene rings is 3. The molecule has 0 bridgehead atoms. The summed E-state index contributed by atoms with van der Waals surface area (Å²) >= 11 is 0. The molecule has 0 atom stereocenters. The quantitative estimate of drug-likeness (QED) is 0.374. The van der Waals surface area contributed by atoms with E-state index in [1.165, 1.54) is 12.5 Å². The van der Waals surface area contributed by atoms with Gasteiger partial charge in [-0.2, -0.15) is 8.42 Å². The van der Waals surface area contributed by atoms with Crippen LogP contribution < -0.4 is 9.46 Å². The first-order chi connectivity index (χ1) is 15.9. The highest BCUT2D eigenvalue weighted by atomic mass is 32.2. The molecule has 9 heteroatoms. The molecule has 2 heterocycles. The summed E-state index contributed by atoms with van der Waals surface area (Å²) < 4.78 is 35.0. The normalized spacial score (nSPS) is 11.5. The Hall–Kier alpha value is -4.11. The number of aromatic nitrogens is 4. The number of H-pyrrole nitrogens is 1. The van der Waals surface area contributed by atoms with Crippen molar-refractivity contribution in [2.75, 3.05) is 4.72 Å². The predicted molar refractivity (Wildman–Crippen MR) is 126 cm³/mol. The number of para-hydroxylation sites is 1. The van der Waals surface area contributed by atoms with Crippen LogP contribution in [0, 0.1) is 0 Å². The molecule has 2 N–H and O–H groups in total. The Bertz CT molecular complexity index is 1510. The fraction of sp³-hybridized carbons (Fsp3) is 0.0833. The lowest BCUT2D eigenvalue weighted by Gasteiger charge is -2.06. The van der Waals surface area contributed by atoms with Gasteiger partial charge in [-0.25, -0.2) is 9.97 Å². The van der Waals surface area contributed by atoms with Gasteiger partial charge in [0.1, 0.15) is 17.3 Å². The van der Waals surface area contributed by atoms with Crippen LogP contribution in [0.3, 0.4) is 0 Å². The Kier molecular flexibility index (Phi) is 5.31. The lowest BCUT2D eigenvalue weighted by atomic mass is 10.1. The van der Waals surface area contributed by atoms with Gasteiger partial charge in [0.15, 0.2) is 5.03 Å². The van der Waals surface area contributed by atoms with E-state index >= 15 is 0 Å². The number of nitrogens with one attached hydrogen (secondary N) is 2. The third-order valence-corrected chi connectivity index (χ3v) is 6.28. The Labute approximate surface area is 191 Å². The van der Waals surface area contributed by atoms with E-state index in [9.17, 15) is 8.42 Å². The summed E-state index contributed by atoms with van der Waals surface area (Å²) in [6.07, 6.45) is 3.50. The van der Waals surface area contributed by atoms with Crippen molar-refractivity contribution in [3.05, 3.63) is 96.7 Å². The van der Waals surface area contributed by atoms with Gasteiger partial charge in [-0.15, -0.1) is 0 Å².